The van der Waals surface area contributed by atoms with E-state index in [1.54, 1.807) is 12.4 Å². The van der Waals surface area contributed by atoms with Gasteiger partial charge in [0.05, 0.1) is 16.8 Å². The molecule has 0 saturated carbocycles. The Kier molecular flexibility index (Phi) is 4.22. The molecule has 0 saturated heterocycles. The SMILES string of the molecule is C=c1sc2c(c1=CC=C(C)c1cnn(CC(N)=O)c1)NCN=C2N. The van der Waals surface area contributed by atoms with Crippen LogP contribution in [-0.2, 0) is 11.3 Å². The first-order valence-corrected chi connectivity index (χ1v) is 8.13. The first-order valence-electron chi connectivity index (χ1n) is 7.31. The van der Waals surface area contributed by atoms with E-state index in [0.717, 1.165) is 31.5 Å². The van der Waals surface area contributed by atoms with Gasteiger partial charge in [0.15, 0.2) is 0 Å². The van der Waals surface area contributed by atoms with E-state index in [1.807, 2.05) is 19.1 Å². The second kappa shape index (κ2) is 6.32. The number of allylic oxidation sites excluding steroid dienone is 2. The number of aromatic nitrogens is 2. The highest BCUT2D eigenvalue weighted by Crippen LogP contribution is 2.17. The lowest BCUT2D eigenvalue weighted by molar-refractivity contribution is -0.118. The van der Waals surface area contributed by atoms with Crippen molar-refractivity contribution in [2.45, 2.75) is 13.5 Å². The van der Waals surface area contributed by atoms with Crippen molar-refractivity contribution in [2.24, 2.45) is 16.5 Å². The smallest absolute Gasteiger partial charge is 0.239 e. The molecule has 5 N–H and O–H groups in total. The lowest BCUT2D eigenvalue weighted by Crippen LogP contribution is -2.25. The number of amides is 1. The van der Waals surface area contributed by atoms with Crippen LogP contribution in [0, 0.1) is 0 Å². The minimum absolute atomic E-state index is 0.0700. The predicted octanol–water partition coefficient (Wildman–Crippen LogP) is -0.187. The van der Waals surface area contributed by atoms with Gasteiger partial charge in [0.1, 0.15) is 19.0 Å². The predicted molar refractivity (Wildman–Crippen MR) is 97.8 cm³/mol. The number of nitrogens with two attached hydrogens (primary N) is 2. The summed E-state index contributed by atoms with van der Waals surface area (Å²) in [5.74, 6) is 0.126. The molecule has 0 unspecified atom stereocenters. The highest BCUT2D eigenvalue weighted by atomic mass is 32.1. The molecule has 2 aromatic rings. The number of anilines is 1. The number of primary amides is 1. The van der Waals surface area contributed by atoms with E-state index in [1.165, 1.54) is 16.0 Å². The van der Waals surface area contributed by atoms with Gasteiger partial charge < -0.3 is 16.8 Å². The van der Waals surface area contributed by atoms with Crippen LogP contribution in [0.3, 0.4) is 0 Å². The molecule has 0 spiro atoms. The maximum atomic E-state index is 10.9. The highest BCUT2D eigenvalue weighted by Gasteiger charge is 2.15. The fourth-order valence-corrected chi connectivity index (χ4v) is 3.40. The van der Waals surface area contributed by atoms with E-state index in [-0.39, 0.29) is 6.54 Å². The number of carbonyl (C=O) groups is 1. The molecule has 3 heterocycles. The fraction of sp³-hybridized carbons (Fsp3) is 0.188. The van der Waals surface area contributed by atoms with Crippen LogP contribution in [-0.4, -0.2) is 28.2 Å². The van der Waals surface area contributed by atoms with Crippen LogP contribution in [0.5, 0.6) is 0 Å². The van der Waals surface area contributed by atoms with Crippen molar-refractivity contribution in [1.82, 2.24) is 9.78 Å². The molecule has 124 valence electrons. The minimum Gasteiger partial charge on any atom is -0.383 e. The van der Waals surface area contributed by atoms with Gasteiger partial charge in [0.2, 0.25) is 5.91 Å². The van der Waals surface area contributed by atoms with Gasteiger partial charge in [-0.1, -0.05) is 18.7 Å². The highest BCUT2D eigenvalue weighted by molar-refractivity contribution is 7.12. The molecule has 0 atom stereocenters. The number of rotatable bonds is 4. The van der Waals surface area contributed by atoms with Crippen molar-refractivity contribution in [3.63, 3.8) is 0 Å². The van der Waals surface area contributed by atoms with Crippen molar-refractivity contribution in [2.75, 3.05) is 12.0 Å². The van der Waals surface area contributed by atoms with Gasteiger partial charge in [-0.2, -0.15) is 5.10 Å². The zero-order chi connectivity index (χ0) is 17.3. The van der Waals surface area contributed by atoms with Gasteiger partial charge in [-0.3, -0.25) is 9.48 Å². The number of nitrogens with one attached hydrogen (secondary N) is 1. The summed E-state index contributed by atoms with van der Waals surface area (Å²) >= 11 is 1.53. The van der Waals surface area contributed by atoms with Gasteiger partial charge in [-0.15, -0.1) is 11.3 Å². The van der Waals surface area contributed by atoms with Gasteiger partial charge in [0.25, 0.3) is 0 Å². The van der Waals surface area contributed by atoms with E-state index in [0.29, 0.717) is 12.5 Å². The average molecular weight is 342 g/mol. The molecule has 3 rings (SSSR count). The minimum atomic E-state index is -0.422. The molecule has 2 aromatic heterocycles. The van der Waals surface area contributed by atoms with Gasteiger partial charge in [0, 0.05) is 21.5 Å². The number of hydrogen-bond acceptors (Lipinski definition) is 6. The zero-order valence-electron chi connectivity index (χ0n) is 13.2. The number of hydrogen-bond donors (Lipinski definition) is 3. The Morgan fingerprint density at radius 2 is 2.38 bits per heavy atom. The summed E-state index contributed by atoms with van der Waals surface area (Å²) < 4.78 is 2.45. The Bertz CT molecular complexity index is 965. The summed E-state index contributed by atoms with van der Waals surface area (Å²) in [5, 5.41) is 8.38. The molecule has 0 radical (unpaired) electrons. The lowest BCUT2D eigenvalue weighted by Gasteiger charge is -2.10. The summed E-state index contributed by atoms with van der Waals surface area (Å²) in [7, 11) is 0. The molecule has 0 bridgehead atoms. The van der Waals surface area contributed by atoms with Crippen molar-refractivity contribution in [3.8, 4) is 0 Å². The van der Waals surface area contributed by atoms with Crippen molar-refractivity contribution >= 4 is 47.0 Å². The molecule has 0 aliphatic carbocycles. The van der Waals surface area contributed by atoms with Crippen LogP contribution in [0.1, 0.15) is 17.4 Å². The van der Waals surface area contributed by atoms with Gasteiger partial charge in [-0.25, -0.2) is 4.99 Å². The van der Waals surface area contributed by atoms with E-state index >= 15 is 0 Å². The molecule has 1 aliphatic heterocycles. The molecule has 8 heteroatoms. The van der Waals surface area contributed by atoms with Gasteiger partial charge >= 0.3 is 0 Å². The van der Waals surface area contributed by atoms with Crippen LogP contribution >= 0.6 is 11.3 Å². The summed E-state index contributed by atoms with van der Waals surface area (Å²) in [6, 6.07) is 0. The first kappa shape index (κ1) is 16.0. The second-order valence-electron chi connectivity index (χ2n) is 5.43. The van der Waals surface area contributed by atoms with E-state index in [2.05, 4.69) is 22.0 Å². The molecular formula is C16H18N6OS. The molecule has 1 amide bonds. The van der Waals surface area contributed by atoms with Crippen LogP contribution in [0.25, 0.3) is 18.2 Å². The van der Waals surface area contributed by atoms with E-state index in [9.17, 15) is 4.79 Å². The summed E-state index contributed by atoms with van der Waals surface area (Å²) in [6.45, 7) is 6.61. The van der Waals surface area contributed by atoms with Crippen molar-refractivity contribution < 1.29 is 4.79 Å². The van der Waals surface area contributed by atoms with Crippen LogP contribution in [0.2, 0.25) is 0 Å². The molecule has 0 aromatic carbocycles. The monoisotopic (exact) mass is 342 g/mol. The Balaban J connectivity index is 1.94. The van der Waals surface area contributed by atoms with Crippen LogP contribution < -0.4 is 26.5 Å². The van der Waals surface area contributed by atoms with Crippen molar-refractivity contribution in [1.29, 1.82) is 0 Å². The Labute approximate surface area is 142 Å². The number of aliphatic imine (C=N–C) groups is 1. The molecule has 1 aliphatic rings. The van der Waals surface area contributed by atoms with Crippen LogP contribution in [0.15, 0.2) is 23.5 Å². The molecule has 7 nitrogen and oxygen atoms in total. The quantitative estimate of drug-likeness (QED) is 0.715. The maximum absolute atomic E-state index is 10.9. The summed E-state index contributed by atoms with van der Waals surface area (Å²) in [6.07, 6.45) is 7.50. The lowest BCUT2D eigenvalue weighted by atomic mass is 10.1. The van der Waals surface area contributed by atoms with Gasteiger partial charge in [-0.05, 0) is 12.5 Å². The standard InChI is InChI=1S/C16H18N6OS/c1-9(11-5-21-22(6-11)7-13(17)23)3-4-12-10(2)24-15-14(12)19-8-20-16(15)18/h3-6,19H,2,7-8H2,1H3,(H2,17,23)(H2,18,20). The number of nitrogens with zero attached hydrogens (tertiary/aromatic N) is 3. The Morgan fingerprint density at radius 1 is 1.58 bits per heavy atom. The third-order valence-corrected chi connectivity index (χ3v) is 4.75. The molecular weight excluding hydrogens is 324 g/mol. The van der Waals surface area contributed by atoms with E-state index < -0.39 is 5.91 Å². The number of thiophene rings is 1. The van der Waals surface area contributed by atoms with E-state index in [4.69, 9.17) is 11.5 Å². The third-order valence-electron chi connectivity index (χ3n) is 3.67. The van der Waals surface area contributed by atoms with Crippen LogP contribution in [0.4, 0.5) is 5.69 Å². The molecule has 0 fully saturated rings. The number of carbonyl (C=O) groups excluding carboxylic acids is 1. The first-order chi connectivity index (χ1) is 11.5. The maximum Gasteiger partial charge on any atom is 0.239 e. The average Bonchev–Trinajstić information content (AvgIpc) is 3.10. The Morgan fingerprint density at radius 3 is 3.12 bits per heavy atom. The third kappa shape index (κ3) is 3.09. The molecule has 24 heavy (non-hydrogen) atoms. The number of fused-ring (bicyclic) bond motifs is 1. The topological polar surface area (TPSA) is 111 Å². The fourth-order valence-electron chi connectivity index (χ4n) is 2.42. The second-order valence-corrected chi connectivity index (χ2v) is 6.54. The van der Waals surface area contributed by atoms with Crippen molar-refractivity contribution in [3.05, 3.63) is 38.7 Å². The number of amidine groups is 1. The summed E-state index contributed by atoms with van der Waals surface area (Å²) in [5.41, 5.74) is 14.0. The summed E-state index contributed by atoms with van der Waals surface area (Å²) in [4.78, 5) is 16.0. The normalized spacial score (nSPS) is 15.0. The Hall–Kier alpha value is -2.87. The zero-order valence-corrected chi connectivity index (χ0v) is 14.1. The largest absolute Gasteiger partial charge is 0.383 e.